The Balaban J connectivity index is 2.34. The van der Waals surface area contributed by atoms with Crippen molar-refractivity contribution >= 4 is 17.4 Å². The predicted molar refractivity (Wildman–Crippen MR) is 65.0 cm³/mol. The summed E-state index contributed by atoms with van der Waals surface area (Å²) in [4.78, 5) is 3.98. The molecule has 3 N–H and O–H groups in total. The number of aromatic nitrogens is 3. The van der Waals surface area contributed by atoms with Crippen LogP contribution in [0.2, 0.25) is 5.02 Å². The van der Waals surface area contributed by atoms with E-state index in [2.05, 4.69) is 15.2 Å². The van der Waals surface area contributed by atoms with Crippen LogP contribution in [0.25, 0.3) is 0 Å². The highest BCUT2D eigenvalue weighted by Gasteiger charge is 2.13. The third-order valence-electron chi connectivity index (χ3n) is 2.14. The second-order valence-corrected chi connectivity index (χ2v) is 3.79. The SMILES string of the molecule is Cn1cc(Oc2nccc(/C(N)=N/O)c2Cl)cn1. The number of nitrogens with zero attached hydrogens (tertiary/aromatic N) is 4. The maximum atomic E-state index is 8.63. The van der Waals surface area contributed by atoms with Gasteiger partial charge in [-0.25, -0.2) is 4.98 Å². The summed E-state index contributed by atoms with van der Waals surface area (Å²) in [5.41, 5.74) is 5.82. The highest BCUT2D eigenvalue weighted by Crippen LogP contribution is 2.29. The normalized spacial score (nSPS) is 11.6. The zero-order chi connectivity index (χ0) is 13.1. The second-order valence-electron chi connectivity index (χ2n) is 3.41. The Morgan fingerprint density at radius 2 is 2.39 bits per heavy atom. The smallest absolute Gasteiger partial charge is 0.239 e. The van der Waals surface area contributed by atoms with E-state index in [1.54, 1.807) is 17.9 Å². The number of hydrogen-bond acceptors (Lipinski definition) is 5. The van der Waals surface area contributed by atoms with Crippen molar-refractivity contribution in [1.29, 1.82) is 0 Å². The van der Waals surface area contributed by atoms with Crippen molar-refractivity contribution in [2.24, 2.45) is 17.9 Å². The van der Waals surface area contributed by atoms with Gasteiger partial charge < -0.3 is 15.7 Å². The van der Waals surface area contributed by atoms with Gasteiger partial charge in [-0.15, -0.1) is 0 Å². The average molecular weight is 268 g/mol. The Kier molecular flexibility index (Phi) is 3.33. The largest absolute Gasteiger partial charge is 0.434 e. The molecule has 0 unspecified atom stereocenters. The van der Waals surface area contributed by atoms with Gasteiger partial charge in [0.1, 0.15) is 5.02 Å². The van der Waals surface area contributed by atoms with Crippen LogP contribution in [-0.4, -0.2) is 25.8 Å². The van der Waals surface area contributed by atoms with Crippen LogP contribution in [0.4, 0.5) is 0 Å². The summed E-state index contributed by atoms with van der Waals surface area (Å²) >= 11 is 6.05. The minimum atomic E-state index is -0.113. The minimum Gasteiger partial charge on any atom is -0.434 e. The summed E-state index contributed by atoms with van der Waals surface area (Å²) in [5, 5.41) is 15.6. The van der Waals surface area contributed by atoms with E-state index in [1.807, 2.05) is 0 Å². The van der Waals surface area contributed by atoms with Crippen LogP contribution in [0.15, 0.2) is 29.8 Å². The Morgan fingerprint density at radius 3 is 3.00 bits per heavy atom. The molecule has 0 amide bonds. The number of halogens is 1. The van der Waals surface area contributed by atoms with Crippen molar-refractivity contribution in [3.63, 3.8) is 0 Å². The van der Waals surface area contributed by atoms with Gasteiger partial charge >= 0.3 is 0 Å². The second kappa shape index (κ2) is 4.92. The average Bonchev–Trinajstić information content (AvgIpc) is 2.76. The number of oxime groups is 1. The first-order valence-electron chi connectivity index (χ1n) is 4.90. The lowest BCUT2D eigenvalue weighted by Crippen LogP contribution is -2.14. The Bertz CT molecular complexity index is 596. The fraction of sp³-hybridized carbons (Fsp3) is 0.100. The van der Waals surface area contributed by atoms with Gasteiger partial charge in [-0.1, -0.05) is 16.8 Å². The monoisotopic (exact) mass is 267 g/mol. The lowest BCUT2D eigenvalue weighted by molar-refractivity contribution is 0.318. The van der Waals surface area contributed by atoms with Gasteiger partial charge in [0.25, 0.3) is 0 Å². The standard InChI is InChI=1S/C10H10ClN5O2/c1-16-5-6(4-14-16)18-10-8(11)7(2-3-13-10)9(12)15-17/h2-5,17H,1H3,(H2,12,15). The molecule has 0 saturated heterocycles. The quantitative estimate of drug-likeness (QED) is 0.379. The van der Waals surface area contributed by atoms with Gasteiger partial charge in [-0.3, -0.25) is 4.68 Å². The van der Waals surface area contributed by atoms with Crippen LogP contribution in [0.1, 0.15) is 5.56 Å². The van der Waals surface area contributed by atoms with Crippen LogP contribution in [0, 0.1) is 0 Å². The highest BCUT2D eigenvalue weighted by atomic mass is 35.5. The molecule has 2 aromatic rings. The van der Waals surface area contributed by atoms with Crippen molar-refractivity contribution in [3.05, 3.63) is 35.2 Å². The van der Waals surface area contributed by atoms with E-state index in [0.717, 1.165) is 0 Å². The molecule has 0 radical (unpaired) electrons. The van der Waals surface area contributed by atoms with Crippen LogP contribution in [0.5, 0.6) is 11.6 Å². The van der Waals surface area contributed by atoms with Crippen molar-refractivity contribution in [2.45, 2.75) is 0 Å². The third kappa shape index (κ3) is 2.35. The topological polar surface area (TPSA) is 98.6 Å². The number of hydrogen-bond donors (Lipinski definition) is 2. The predicted octanol–water partition coefficient (Wildman–Crippen LogP) is 1.36. The molecule has 94 valence electrons. The summed E-state index contributed by atoms with van der Waals surface area (Å²) in [6.45, 7) is 0. The number of nitrogens with two attached hydrogens (primary N) is 1. The molecule has 0 bridgehead atoms. The van der Waals surface area contributed by atoms with E-state index in [0.29, 0.717) is 11.3 Å². The Labute approximate surface area is 107 Å². The van der Waals surface area contributed by atoms with Gasteiger partial charge in [0.2, 0.25) is 5.88 Å². The molecule has 8 heteroatoms. The van der Waals surface area contributed by atoms with E-state index >= 15 is 0 Å². The lowest BCUT2D eigenvalue weighted by Gasteiger charge is -2.07. The Hall–Kier alpha value is -2.28. The molecule has 0 aliphatic heterocycles. The maximum absolute atomic E-state index is 8.63. The first kappa shape index (κ1) is 12.2. The third-order valence-corrected chi connectivity index (χ3v) is 2.50. The number of rotatable bonds is 3. The van der Waals surface area contributed by atoms with Crippen LogP contribution < -0.4 is 10.5 Å². The summed E-state index contributed by atoms with van der Waals surface area (Å²) in [6, 6.07) is 1.52. The number of pyridine rings is 1. The number of ether oxygens (including phenoxy) is 1. The van der Waals surface area contributed by atoms with Crippen LogP contribution in [-0.2, 0) is 7.05 Å². The maximum Gasteiger partial charge on any atom is 0.239 e. The first-order valence-corrected chi connectivity index (χ1v) is 5.28. The molecule has 0 spiro atoms. The first-order chi connectivity index (χ1) is 8.61. The Morgan fingerprint density at radius 1 is 1.61 bits per heavy atom. The molecule has 0 aliphatic carbocycles. The molecule has 0 aromatic carbocycles. The molecular weight excluding hydrogens is 258 g/mol. The molecule has 2 rings (SSSR count). The van der Waals surface area contributed by atoms with Crippen LogP contribution >= 0.6 is 11.6 Å². The zero-order valence-electron chi connectivity index (χ0n) is 9.41. The zero-order valence-corrected chi connectivity index (χ0v) is 10.2. The lowest BCUT2D eigenvalue weighted by atomic mass is 10.2. The van der Waals surface area contributed by atoms with E-state index < -0.39 is 0 Å². The van der Waals surface area contributed by atoms with E-state index in [9.17, 15) is 0 Å². The fourth-order valence-electron chi connectivity index (χ4n) is 1.31. The van der Waals surface area contributed by atoms with Crippen LogP contribution in [0.3, 0.4) is 0 Å². The van der Waals surface area contributed by atoms with Gasteiger partial charge in [0.15, 0.2) is 11.6 Å². The molecule has 0 fully saturated rings. The molecule has 0 atom stereocenters. The summed E-state index contributed by atoms with van der Waals surface area (Å²) < 4.78 is 7.03. The number of amidine groups is 1. The fourth-order valence-corrected chi connectivity index (χ4v) is 1.56. The van der Waals surface area contributed by atoms with Gasteiger partial charge in [0, 0.05) is 18.8 Å². The molecular formula is C10H10ClN5O2. The molecule has 2 aromatic heterocycles. The van der Waals surface area contributed by atoms with Gasteiger partial charge in [-0.2, -0.15) is 5.10 Å². The molecule has 0 aliphatic rings. The summed E-state index contributed by atoms with van der Waals surface area (Å²) in [6.07, 6.45) is 4.63. The van der Waals surface area contributed by atoms with Crippen molar-refractivity contribution in [3.8, 4) is 11.6 Å². The van der Waals surface area contributed by atoms with Gasteiger partial charge in [0.05, 0.1) is 12.4 Å². The molecule has 7 nitrogen and oxygen atoms in total. The van der Waals surface area contributed by atoms with Crippen molar-refractivity contribution in [2.75, 3.05) is 0 Å². The summed E-state index contributed by atoms with van der Waals surface area (Å²) in [5.74, 6) is 0.538. The molecule has 2 heterocycles. The number of aryl methyl sites for hydroxylation is 1. The molecule has 0 saturated carbocycles. The van der Waals surface area contributed by atoms with E-state index in [4.69, 9.17) is 27.3 Å². The summed E-state index contributed by atoms with van der Waals surface area (Å²) in [7, 11) is 1.76. The van der Waals surface area contributed by atoms with E-state index in [-0.39, 0.29) is 16.7 Å². The van der Waals surface area contributed by atoms with E-state index in [1.165, 1.54) is 18.5 Å². The van der Waals surface area contributed by atoms with Gasteiger partial charge in [-0.05, 0) is 6.07 Å². The highest BCUT2D eigenvalue weighted by molar-refractivity contribution is 6.35. The molecule has 18 heavy (non-hydrogen) atoms. The van der Waals surface area contributed by atoms with Crippen molar-refractivity contribution < 1.29 is 9.94 Å². The minimum absolute atomic E-state index is 0.113. The van der Waals surface area contributed by atoms with Crippen molar-refractivity contribution in [1.82, 2.24) is 14.8 Å².